The molecule has 1 nitrogen and oxygen atoms in total. The van der Waals surface area contributed by atoms with Crippen molar-refractivity contribution in [2.24, 2.45) is 0 Å². The Hall–Kier alpha value is -0.870. The molecule has 2 aromatic rings. The van der Waals surface area contributed by atoms with E-state index in [0.29, 0.717) is 0 Å². The highest BCUT2D eigenvalue weighted by Crippen LogP contribution is 2.30. The minimum absolute atomic E-state index is 0.195. The fraction of sp³-hybridized carbons (Fsp3) is 0.231. The lowest BCUT2D eigenvalue weighted by molar-refractivity contribution is 0.626. The van der Waals surface area contributed by atoms with Crippen LogP contribution in [0.1, 0.15) is 23.4 Å². The molecular weight excluding hydrogens is 301 g/mol. The molecule has 0 bridgehead atoms. The summed E-state index contributed by atoms with van der Waals surface area (Å²) in [5.41, 5.74) is 1.90. The Morgan fingerprint density at radius 3 is 2.65 bits per heavy atom. The van der Waals surface area contributed by atoms with E-state index in [9.17, 15) is 4.39 Å². The molecule has 0 saturated carbocycles. The Labute approximate surface area is 113 Å². The van der Waals surface area contributed by atoms with Gasteiger partial charge in [0, 0.05) is 10.6 Å². The topological polar surface area (TPSA) is 12.0 Å². The van der Waals surface area contributed by atoms with Crippen molar-refractivity contribution in [2.75, 3.05) is 5.32 Å². The van der Waals surface area contributed by atoms with Gasteiger partial charge in [-0.1, -0.05) is 0 Å². The van der Waals surface area contributed by atoms with Gasteiger partial charge in [0.25, 0.3) is 0 Å². The average Bonchev–Trinajstić information content (AvgIpc) is 2.69. The molecule has 4 heteroatoms. The summed E-state index contributed by atoms with van der Waals surface area (Å²) in [4.78, 5) is 1.25. The lowest BCUT2D eigenvalue weighted by Gasteiger charge is -2.15. The van der Waals surface area contributed by atoms with Crippen LogP contribution in [0.25, 0.3) is 0 Å². The van der Waals surface area contributed by atoms with Crippen molar-refractivity contribution in [3.8, 4) is 0 Å². The Morgan fingerprint density at radius 1 is 1.29 bits per heavy atom. The third-order valence-electron chi connectivity index (χ3n) is 2.58. The first-order valence-corrected chi connectivity index (χ1v) is 6.95. The first-order valence-electron chi connectivity index (χ1n) is 5.34. The largest absolute Gasteiger partial charge is 0.377 e. The van der Waals surface area contributed by atoms with Crippen LogP contribution >= 0.6 is 27.3 Å². The molecule has 1 unspecified atom stereocenters. The highest BCUT2D eigenvalue weighted by Gasteiger charge is 2.09. The summed E-state index contributed by atoms with van der Waals surface area (Å²) in [5.74, 6) is -0.195. The molecule has 0 radical (unpaired) electrons. The highest BCUT2D eigenvalue weighted by molar-refractivity contribution is 9.11. The fourth-order valence-electron chi connectivity index (χ4n) is 1.65. The number of benzene rings is 1. The summed E-state index contributed by atoms with van der Waals surface area (Å²) >= 11 is 5.16. The standard InChI is InChI=1S/C13H13BrFNS/c1-8-7-10(15)3-4-11(8)16-9(2)12-5-6-13(14)17-12/h3-7,9,16H,1-2H3. The molecule has 90 valence electrons. The molecule has 1 atom stereocenters. The number of hydrogen-bond donors (Lipinski definition) is 1. The van der Waals surface area contributed by atoms with Gasteiger partial charge in [-0.25, -0.2) is 4.39 Å². The second-order valence-electron chi connectivity index (χ2n) is 3.97. The average molecular weight is 314 g/mol. The molecule has 0 fully saturated rings. The molecule has 1 N–H and O–H groups in total. The minimum Gasteiger partial charge on any atom is -0.377 e. The van der Waals surface area contributed by atoms with Crippen molar-refractivity contribution in [2.45, 2.75) is 19.9 Å². The number of anilines is 1. The Morgan fingerprint density at radius 2 is 2.06 bits per heavy atom. The first-order chi connectivity index (χ1) is 8.06. The molecule has 1 aromatic heterocycles. The van der Waals surface area contributed by atoms with Gasteiger partial charge in [0.1, 0.15) is 5.82 Å². The smallest absolute Gasteiger partial charge is 0.123 e. The zero-order valence-electron chi connectivity index (χ0n) is 9.63. The number of nitrogens with one attached hydrogen (secondary N) is 1. The van der Waals surface area contributed by atoms with Crippen molar-refractivity contribution in [1.29, 1.82) is 0 Å². The molecule has 17 heavy (non-hydrogen) atoms. The van der Waals surface area contributed by atoms with Crippen molar-refractivity contribution in [1.82, 2.24) is 0 Å². The molecule has 0 aliphatic rings. The lowest BCUT2D eigenvalue weighted by Crippen LogP contribution is -2.06. The van der Waals surface area contributed by atoms with Crippen LogP contribution in [0.5, 0.6) is 0 Å². The zero-order chi connectivity index (χ0) is 12.4. The van der Waals surface area contributed by atoms with E-state index < -0.39 is 0 Å². The summed E-state index contributed by atoms with van der Waals surface area (Å²) in [6.45, 7) is 4.00. The molecule has 1 heterocycles. The van der Waals surface area contributed by atoms with Gasteiger partial charge in [-0.15, -0.1) is 11.3 Å². The van der Waals surface area contributed by atoms with Crippen molar-refractivity contribution >= 4 is 33.0 Å². The van der Waals surface area contributed by atoms with Crippen molar-refractivity contribution < 1.29 is 4.39 Å². The third kappa shape index (κ3) is 3.07. The van der Waals surface area contributed by atoms with Gasteiger partial charge in [-0.3, -0.25) is 0 Å². The van der Waals surface area contributed by atoms with Crippen LogP contribution in [0.15, 0.2) is 34.1 Å². The predicted molar refractivity (Wildman–Crippen MR) is 75.2 cm³/mol. The number of hydrogen-bond acceptors (Lipinski definition) is 2. The molecule has 0 spiro atoms. The SMILES string of the molecule is Cc1cc(F)ccc1NC(C)c1ccc(Br)s1. The minimum atomic E-state index is -0.195. The van der Waals surface area contributed by atoms with Crippen molar-refractivity contribution in [3.05, 3.63) is 50.4 Å². The van der Waals surface area contributed by atoms with Crippen LogP contribution in [0.3, 0.4) is 0 Å². The van der Waals surface area contributed by atoms with Crippen LogP contribution in [-0.4, -0.2) is 0 Å². The van der Waals surface area contributed by atoms with Crippen LogP contribution < -0.4 is 5.32 Å². The van der Waals surface area contributed by atoms with E-state index in [1.807, 2.05) is 13.0 Å². The third-order valence-corrected chi connectivity index (χ3v) is 4.39. The first kappa shape index (κ1) is 12.6. The van der Waals surface area contributed by atoms with Gasteiger partial charge in [0.15, 0.2) is 0 Å². The summed E-state index contributed by atoms with van der Waals surface area (Å²) in [6, 6.07) is 9.15. The van der Waals surface area contributed by atoms with Crippen LogP contribution in [0.2, 0.25) is 0 Å². The van der Waals surface area contributed by atoms with Crippen LogP contribution in [-0.2, 0) is 0 Å². The quantitative estimate of drug-likeness (QED) is 0.828. The number of aryl methyl sites for hydroxylation is 1. The number of thiophene rings is 1. The van der Waals surface area contributed by atoms with Gasteiger partial charge in [-0.2, -0.15) is 0 Å². The Kier molecular flexibility index (Phi) is 3.84. The van der Waals surface area contributed by atoms with E-state index in [4.69, 9.17) is 0 Å². The molecule has 2 rings (SSSR count). The lowest BCUT2D eigenvalue weighted by atomic mass is 10.1. The van der Waals surface area contributed by atoms with Gasteiger partial charge >= 0.3 is 0 Å². The number of halogens is 2. The normalized spacial score (nSPS) is 12.5. The predicted octanol–water partition coefficient (Wildman–Crippen LogP) is 5.13. The second-order valence-corrected chi connectivity index (χ2v) is 6.46. The molecule has 1 aromatic carbocycles. The maximum atomic E-state index is 13.0. The second kappa shape index (κ2) is 5.19. The van der Waals surface area contributed by atoms with Crippen molar-refractivity contribution in [3.63, 3.8) is 0 Å². The zero-order valence-corrected chi connectivity index (χ0v) is 12.0. The maximum absolute atomic E-state index is 13.0. The summed E-state index contributed by atoms with van der Waals surface area (Å²) in [6.07, 6.45) is 0. The molecule has 0 aliphatic heterocycles. The molecule has 0 amide bonds. The van der Waals surface area contributed by atoms with E-state index in [-0.39, 0.29) is 11.9 Å². The van der Waals surface area contributed by atoms with Gasteiger partial charge in [-0.05, 0) is 65.7 Å². The van der Waals surface area contributed by atoms with Gasteiger partial charge in [0.05, 0.1) is 9.83 Å². The Balaban J connectivity index is 2.15. The summed E-state index contributed by atoms with van der Waals surface area (Å²) in [7, 11) is 0. The molecule has 0 aliphatic carbocycles. The maximum Gasteiger partial charge on any atom is 0.123 e. The van der Waals surface area contributed by atoms with E-state index in [1.165, 1.54) is 10.9 Å². The van der Waals surface area contributed by atoms with E-state index >= 15 is 0 Å². The fourth-order valence-corrected chi connectivity index (χ4v) is 3.08. The Bertz CT molecular complexity index is 524. The van der Waals surface area contributed by atoms with Crippen LogP contribution in [0.4, 0.5) is 10.1 Å². The van der Waals surface area contributed by atoms with Crippen LogP contribution in [0, 0.1) is 12.7 Å². The summed E-state index contributed by atoms with van der Waals surface area (Å²) < 4.78 is 14.1. The number of rotatable bonds is 3. The summed E-state index contributed by atoms with van der Waals surface area (Å²) in [5, 5.41) is 3.39. The molecular formula is C13H13BrFNS. The van der Waals surface area contributed by atoms with Gasteiger partial charge in [0.2, 0.25) is 0 Å². The van der Waals surface area contributed by atoms with E-state index in [1.54, 1.807) is 23.5 Å². The van der Waals surface area contributed by atoms with E-state index in [0.717, 1.165) is 15.0 Å². The van der Waals surface area contributed by atoms with E-state index in [2.05, 4.69) is 34.2 Å². The molecule has 0 saturated heterocycles. The van der Waals surface area contributed by atoms with Gasteiger partial charge < -0.3 is 5.32 Å². The monoisotopic (exact) mass is 313 g/mol. The highest BCUT2D eigenvalue weighted by atomic mass is 79.9.